The maximum atomic E-state index is 5.25. The SMILES string of the molecule is C=C/C=C(/NCc1nnc2ccc(C3=CC(C)=NC3)nn12)c1ncc(OC)cc1C. The summed E-state index contributed by atoms with van der Waals surface area (Å²) in [7, 11) is 1.63. The van der Waals surface area contributed by atoms with E-state index in [1.807, 2.05) is 38.1 Å². The Morgan fingerprint density at radius 1 is 1.30 bits per heavy atom. The molecule has 152 valence electrons. The molecule has 0 fully saturated rings. The van der Waals surface area contributed by atoms with E-state index in [0.29, 0.717) is 24.6 Å². The Balaban J connectivity index is 1.59. The van der Waals surface area contributed by atoms with E-state index in [9.17, 15) is 0 Å². The minimum atomic E-state index is 0.430. The highest BCUT2D eigenvalue weighted by Gasteiger charge is 2.14. The van der Waals surface area contributed by atoms with Crippen molar-refractivity contribution in [1.82, 2.24) is 30.1 Å². The Morgan fingerprint density at radius 2 is 2.17 bits per heavy atom. The maximum absolute atomic E-state index is 5.25. The first kappa shape index (κ1) is 19.5. The molecule has 0 aliphatic carbocycles. The smallest absolute Gasteiger partial charge is 0.178 e. The number of hydrogen-bond donors (Lipinski definition) is 1. The molecule has 8 heteroatoms. The molecule has 0 bridgehead atoms. The third-order valence-electron chi connectivity index (χ3n) is 4.80. The van der Waals surface area contributed by atoms with Crippen LogP contribution in [0, 0.1) is 6.92 Å². The molecule has 30 heavy (non-hydrogen) atoms. The number of ether oxygens (including phenoxy) is 1. The maximum Gasteiger partial charge on any atom is 0.178 e. The van der Waals surface area contributed by atoms with Gasteiger partial charge in [0.05, 0.1) is 43.5 Å². The molecule has 3 aromatic rings. The molecule has 1 aliphatic heterocycles. The largest absolute Gasteiger partial charge is 0.495 e. The van der Waals surface area contributed by atoms with Gasteiger partial charge in [-0.25, -0.2) is 0 Å². The van der Waals surface area contributed by atoms with Crippen LogP contribution in [0.1, 0.15) is 29.7 Å². The van der Waals surface area contributed by atoms with Gasteiger partial charge in [-0.1, -0.05) is 12.7 Å². The van der Waals surface area contributed by atoms with Crippen LogP contribution >= 0.6 is 0 Å². The molecule has 0 saturated carbocycles. The van der Waals surface area contributed by atoms with Gasteiger partial charge in [0.25, 0.3) is 0 Å². The van der Waals surface area contributed by atoms with Crippen molar-refractivity contribution in [1.29, 1.82) is 0 Å². The number of pyridine rings is 1. The van der Waals surface area contributed by atoms with Gasteiger partial charge in [0, 0.05) is 11.3 Å². The molecule has 0 unspecified atom stereocenters. The summed E-state index contributed by atoms with van der Waals surface area (Å²) in [5, 5.41) is 16.6. The van der Waals surface area contributed by atoms with Crippen molar-refractivity contribution in [3.05, 3.63) is 72.0 Å². The number of methoxy groups -OCH3 is 1. The number of aromatic nitrogens is 5. The van der Waals surface area contributed by atoms with Gasteiger partial charge in [0.1, 0.15) is 5.75 Å². The van der Waals surface area contributed by atoms with Gasteiger partial charge in [-0.3, -0.25) is 9.98 Å². The summed E-state index contributed by atoms with van der Waals surface area (Å²) in [6.07, 6.45) is 7.36. The molecule has 4 heterocycles. The van der Waals surface area contributed by atoms with Crippen molar-refractivity contribution >= 4 is 22.6 Å². The molecule has 0 atom stereocenters. The minimum Gasteiger partial charge on any atom is -0.495 e. The van der Waals surface area contributed by atoms with Crippen LogP contribution in [0.25, 0.3) is 16.9 Å². The molecule has 1 aliphatic rings. The first-order valence-electron chi connectivity index (χ1n) is 9.60. The van der Waals surface area contributed by atoms with Gasteiger partial charge in [-0.2, -0.15) is 9.61 Å². The summed E-state index contributed by atoms with van der Waals surface area (Å²) in [4.78, 5) is 8.94. The van der Waals surface area contributed by atoms with Gasteiger partial charge in [-0.05, 0) is 49.8 Å². The Hall–Kier alpha value is -3.81. The van der Waals surface area contributed by atoms with Crippen molar-refractivity contribution in [2.75, 3.05) is 13.7 Å². The number of nitrogens with zero attached hydrogens (tertiary/aromatic N) is 6. The number of rotatable bonds is 7. The average molecular weight is 401 g/mol. The van der Waals surface area contributed by atoms with E-state index in [4.69, 9.17) is 9.84 Å². The van der Waals surface area contributed by atoms with Crippen molar-refractivity contribution < 1.29 is 4.74 Å². The standard InChI is InChI=1S/C22H23N7O/c1-5-6-19(22-14(2)9-17(30-4)12-25-22)24-13-21-27-26-20-8-7-18(28-29(20)21)16-10-15(3)23-11-16/h5-10,12,24H,1,11,13H2,2-4H3/b19-6+. The normalized spacial score (nSPS) is 13.9. The predicted molar refractivity (Wildman–Crippen MR) is 117 cm³/mol. The van der Waals surface area contributed by atoms with Crippen LogP contribution in [0.2, 0.25) is 0 Å². The Labute approximate surface area is 174 Å². The van der Waals surface area contributed by atoms with E-state index >= 15 is 0 Å². The van der Waals surface area contributed by atoms with Crippen LogP contribution in [0.5, 0.6) is 5.75 Å². The lowest BCUT2D eigenvalue weighted by Gasteiger charge is -2.12. The fourth-order valence-corrected chi connectivity index (χ4v) is 3.28. The molecular formula is C22H23N7O. The first-order chi connectivity index (χ1) is 14.6. The van der Waals surface area contributed by atoms with E-state index in [0.717, 1.165) is 39.7 Å². The quantitative estimate of drug-likeness (QED) is 0.612. The van der Waals surface area contributed by atoms with E-state index in [-0.39, 0.29) is 0 Å². The average Bonchev–Trinajstić information content (AvgIpc) is 3.37. The fraction of sp³-hybridized carbons (Fsp3) is 0.227. The lowest BCUT2D eigenvalue weighted by atomic mass is 10.1. The molecule has 0 aromatic carbocycles. The number of hydrogen-bond acceptors (Lipinski definition) is 7. The molecule has 0 radical (unpaired) electrons. The summed E-state index contributed by atoms with van der Waals surface area (Å²) in [6, 6.07) is 5.82. The van der Waals surface area contributed by atoms with E-state index in [1.54, 1.807) is 23.9 Å². The highest BCUT2D eigenvalue weighted by atomic mass is 16.5. The lowest BCUT2D eigenvalue weighted by molar-refractivity contribution is 0.412. The highest BCUT2D eigenvalue weighted by Crippen LogP contribution is 2.20. The summed E-state index contributed by atoms with van der Waals surface area (Å²) in [5.74, 6) is 1.42. The molecule has 0 amide bonds. The monoisotopic (exact) mass is 401 g/mol. The van der Waals surface area contributed by atoms with Gasteiger partial charge < -0.3 is 10.1 Å². The number of nitrogens with one attached hydrogen (secondary N) is 1. The first-order valence-corrected chi connectivity index (χ1v) is 9.60. The Bertz CT molecular complexity index is 1200. The summed E-state index contributed by atoms with van der Waals surface area (Å²) in [5.41, 5.74) is 6.32. The summed E-state index contributed by atoms with van der Waals surface area (Å²) in [6.45, 7) is 8.87. The van der Waals surface area contributed by atoms with E-state index < -0.39 is 0 Å². The highest BCUT2D eigenvalue weighted by molar-refractivity contribution is 6.02. The van der Waals surface area contributed by atoms with Gasteiger partial charge in [0.15, 0.2) is 11.5 Å². The summed E-state index contributed by atoms with van der Waals surface area (Å²) >= 11 is 0. The molecule has 8 nitrogen and oxygen atoms in total. The second-order valence-electron chi connectivity index (χ2n) is 6.94. The number of aryl methyl sites for hydroxylation is 1. The van der Waals surface area contributed by atoms with Gasteiger partial charge >= 0.3 is 0 Å². The molecule has 4 rings (SSSR count). The Morgan fingerprint density at radius 3 is 2.87 bits per heavy atom. The number of aliphatic imine (C=N–C) groups is 1. The Kier molecular flexibility index (Phi) is 5.38. The van der Waals surface area contributed by atoms with Crippen LogP contribution in [0.3, 0.4) is 0 Å². The zero-order valence-electron chi connectivity index (χ0n) is 17.3. The molecule has 1 N–H and O–H groups in total. The zero-order chi connectivity index (χ0) is 21.1. The van der Waals surface area contributed by atoms with Gasteiger partial charge in [-0.15, -0.1) is 10.2 Å². The van der Waals surface area contributed by atoms with Crippen molar-refractivity contribution in [3.63, 3.8) is 0 Å². The lowest BCUT2D eigenvalue weighted by Crippen LogP contribution is -2.16. The second-order valence-corrected chi connectivity index (χ2v) is 6.94. The third kappa shape index (κ3) is 3.84. The predicted octanol–water partition coefficient (Wildman–Crippen LogP) is 3.01. The van der Waals surface area contributed by atoms with E-state index in [1.165, 1.54) is 0 Å². The van der Waals surface area contributed by atoms with Crippen LogP contribution in [-0.2, 0) is 6.54 Å². The topological polar surface area (TPSA) is 89.6 Å². The van der Waals surface area contributed by atoms with Crippen molar-refractivity contribution in [2.45, 2.75) is 20.4 Å². The van der Waals surface area contributed by atoms with Crippen LogP contribution in [0.15, 0.2) is 54.2 Å². The van der Waals surface area contributed by atoms with Crippen LogP contribution in [-0.4, -0.2) is 44.2 Å². The van der Waals surface area contributed by atoms with Crippen molar-refractivity contribution in [2.24, 2.45) is 4.99 Å². The molecule has 3 aromatic heterocycles. The van der Waals surface area contributed by atoms with Crippen LogP contribution in [0.4, 0.5) is 0 Å². The number of allylic oxidation sites excluding steroid dienone is 3. The zero-order valence-corrected chi connectivity index (χ0v) is 17.3. The van der Waals surface area contributed by atoms with Gasteiger partial charge in [0.2, 0.25) is 0 Å². The van der Waals surface area contributed by atoms with Crippen LogP contribution < -0.4 is 10.1 Å². The van der Waals surface area contributed by atoms with E-state index in [2.05, 4.69) is 38.1 Å². The second kappa shape index (κ2) is 8.28. The molecule has 0 saturated heterocycles. The van der Waals surface area contributed by atoms with Crippen molar-refractivity contribution in [3.8, 4) is 5.75 Å². The summed E-state index contributed by atoms with van der Waals surface area (Å²) < 4.78 is 7.01. The third-order valence-corrected chi connectivity index (χ3v) is 4.80. The minimum absolute atomic E-state index is 0.430. The molecule has 0 spiro atoms. The number of fused-ring (bicyclic) bond motifs is 1. The fourth-order valence-electron chi connectivity index (χ4n) is 3.28. The molecular weight excluding hydrogens is 378 g/mol.